The Morgan fingerprint density at radius 1 is 1.32 bits per heavy atom. The number of amides is 1. The summed E-state index contributed by atoms with van der Waals surface area (Å²) in [5.74, 6) is -1.17. The molecule has 5 nitrogen and oxygen atoms in total. The number of carbonyl (C=O) groups excluding carboxylic acids is 1. The normalized spacial score (nSPS) is 11.0. The third-order valence-electron chi connectivity index (χ3n) is 2.16. The van der Waals surface area contributed by atoms with E-state index in [9.17, 15) is 9.59 Å². The number of rotatable bonds is 2. The van der Waals surface area contributed by atoms with Crippen molar-refractivity contribution in [2.75, 3.05) is 5.32 Å². The zero-order valence-electron chi connectivity index (χ0n) is 11.2. The molecule has 0 unspecified atom stereocenters. The number of carboxylic acid groups (broad SMARTS) is 1. The fourth-order valence-electron chi connectivity index (χ4n) is 1.48. The molecule has 0 bridgehead atoms. The van der Waals surface area contributed by atoms with E-state index < -0.39 is 17.7 Å². The van der Waals surface area contributed by atoms with Crippen LogP contribution in [-0.2, 0) is 4.74 Å². The summed E-state index contributed by atoms with van der Waals surface area (Å²) in [6.45, 7) is 6.82. The summed E-state index contributed by atoms with van der Waals surface area (Å²) in [4.78, 5) is 22.8. The van der Waals surface area contributed by atoms with E-state index in [1.807, 2.05) is 0 Å². The fraction of sp³-hybridized carbons (Fsp3) is 0.385. The zero-order chi connectivity index (χ0) is 14.8. The van der Waals surface area contributed by atoms with Gasteiger partial charge in [-0.15, -0.1) is 0 Å². The Morgan fingerprint density at radius 3 is 2.37 bits per heavy atom. The van der Waals surface area contributed by atoms with Gasteiger partial charge in [-0.05, 0) is 45.4 Å². The Kier molecular flexibility index (Phi) is 4.42. The molecule has 1 amide bonds. The van der Waals surface area contributed by atoms with Crippen LogP contribution in [0, 0.1) is 6.92 Å². The van der Waals surface area contributed by atoms with Gasteiger partial charge in [0.25, 0.3) is 0 Å². The summed E-state index contributed by atoms with van der Waals surface area (Å²) in [7, 11) is 0. The third-order valence-corrected chi connectivity index (χ3v) is 2.37. The number of benzene rings is 1. The van der Waals surface area contributed by atoms with Gasteiger partial charge in [-0.25, -0.2) is 9.59 Å². The molecule has 1 aromatic rings. The third kappa shape index (κ3) is 4.44. The Morgan fingerprint density at radius 2 is 1.89 bits per heavy atom. The van der Waals surface area contributed by atoms with Crippen LogP contribution in [0.5, 0.6) is 0 Å². The van der Waals surface area contributed by atoms with E-state index in [-0.39, 0.29) is 11.3 Å². The molecule has 0 spiro atoms. The van der Waals surface area contributed by atoms with Crippen LogP contribution < -0.4 is 5.32 Å². The minimum atomic E-state index is -1.17. The number of anilines is 1. The highest BCUT2D eigenvalue weighted by atomic mass is 35.5. The zero-order valence-corrected chi connectivity index (χ0v) is 12.0. The second-order valence-corrected chi connectivity index (χ2v) is 5.51. The van der Waals surface area contributed by atoms with Gasteiger partial charge in [-0.3, -0.25) is 5.32 Å². The van der Waals surface area contributed by atoms with E-state index in [2.05, 4.69) is 5.32 Å². The first kappa shape index (κ1) is 15.3. The van der Waals surface area contributed by atoms with Gasteiger partial charge in [0.1, 0.15) is 5.60 Å². The molecule has 1 rings (SSSR count). The summed E-state index contributed by atoms with van der Waals surface area (Å²) >= 11 is 5.80. The van der Waals surface area contributed by atoms with Crippen molar-refractivity contribution in [3.63, 3.8) is 0 Å². The number of halogens is 1. The minimum Gasteiger partial charge on any atom is -0.478 e. The van der Waals surface area contributed by atoms with Crippen LogP contribution in [0.15, 0.2) is 12.1 Å². The van der Waals surface area contributed by atoms with Gasteiger partial charge < -0.3 is 9.84 Å². The van der Waals surface area contributed by atoms with Crippen LogP contribution in [-0.4, -0.2) is 22.8 Å². The first-order valence-electron chi connectivity index (χ1n) is 5.63. The average molecular weight is 286 g/mol. The second kappa shape index (κ2) is 5.48. The van der Waals surface area contributed by atoms with Crippen molar-refractivity contribution in [2.45, 2.75) is 33.3 Å². The number of carbonyl (C=O) groups is 2. The number of carboxylic acids is 1. The number of nitrogens with one attached hydrogen (secondary N) is 1. The smallest absolute Gasteiger partial charge is 0.412 e. The molecule has 0 heterocycles. The summed E-state index contributed by atoms with van der Waals surface area (Å²) in [5, 5.41) is 11.8. The van der Waals surface area contributed by atoms with E-state index in [1.165, 1.54) is 6.07 Å². The lowest BCUT2D eigenvalue weighted by atomic mass is 10.1. The largest absolute Gasteiger partial charge is 0.478 e. The van der Waals surface area contributed by atoms with Crippen LogP contribution in [0.2, 0.25) is 5.02 Å². The Hall–Kier alpha value is -1.75. The van der Waals surface area contributed by atoms with Gasteiger partial charge in [0.15, 0.2) is 0 Å². The lowest BCUT2D eigenvalue weighted by Crippen LogP contribution is -2.28. The van der Waals surface area contributed by atoms with Gasteiger partial charge in [0, 0.05) is 5.02 Å². The van der Waals surface area contributed by atoms with Crippen molar-refractivity contribution in [1.82, 2.24) is 0 Å². The molecule has 1 aromatic carbocycles. The average Bonchev–Trinajstić information content (AvgIpc) is 2.18. The van der Waals surface area contributed by atoms with Crippen molar-refractivity contribution >= 4 is 29.4 Å². The first-order chi connectivity index (χ1) is 8.60. The predicted octanol–water partition coefficient (Wildman–Crippen LogP) is 3.69. The van der Waals surface area contributed by atoms with E-state index in [4.69, 9.17) is 21.4 Å². The molecule has 0 fully saturated rings. The summed E-state index contributed by atoms with van der Waals surface area (Å²) in [5.41, 5.74) is 0.00567. The van der Waals surface area contributed by atoms with Gasteiger partial charge in [0.2, 0.25) is 0 Å². The van der Waals surface area contributed by atoms with Crippen LogP contribution in [0.3, 0.4) is 0 Å². The Labute approximate surface area is 116 Å². The molecule has 104 valence electrons. The Balaban J connectivity index is 3.07. The first-order valence-corrected chi connectivity index (χ1v) is 6.01. The van der Waals surface area contributed by atoms with E-state index in [0.717, 1.165) is 0 Å². The molecule has 0 atom stereocenters. The summed E-state index contributed by atoms with van der Waals surface area (Å²) in [6, 6.07) is 2.85. The predicted molar refractivity (Wildman–Crippen MR) is 73.0 cm³/mol. The highest BCUT2D eigenvalue weighted by Crippen LogP contribution is 2.26. The van der Waals surface area contributed by atoms with Crippen LogP contribution in [0.1, 0.15) is 36.7 Å². The molecule has 0 saturated heterocycles. The minimum absolute atomic E-state index is 0.0733. The quantitative estimate of drug-likeness (QED) is 0.869. The van der Waals surface area contributed by atoms with Gasteiger partial charge in [-0.1, -0.05) is 11.6 Å². The van der Waals surface area contributed by atoms with E-state index >= 15 is 0 Å². The maximum Gasteiger partial charge on any atom is 0.412 e. The lowest BCUT2D eigenvalue weighted by molar-refractivity contribution is 0.0636. The molecule has 0 aliphatic heterocycles. The molecule has 0 aliphatic carbocycles. The number of aryl methyl sites for hydroxylation is 1. The molecule has 0 saturated carbocycles. The molecule has 0 aromatic heterocycles. The standard InChI is InChI=1S/C13H16ClNO4/c1-7-5-8(14)6-9(11(16)17)10(7)15-12(18)19-13(2,3)4/h5-6H,1-4H3,(H,15,18)(H,16,17). The molecule has 19 heavy (non-hydrogen) atoms. The SMILES string of the molecule is Cc1cc(Cl)cc(C(=O)O)c1NC(=O)OC(C)(C)C. The maximum atomic E-state index is 11.7. The van der Waals surface area contributed by atoms with Crippen molar-refractivity contribution in [3.05, 3.63) is 28.3 Å². The van der Waals surface area contributed by atoms with Crippen LogP contribution >= 0.6 is 11.6 Å². The van der Waals surface area contributed by atoms with E-state index in [1.54, 1.807) is 33.8 Å². The number of ether oxygens (including phenoxy) is 1. The number of aromatic carboxylic acids is 1. The lowest BCUT2D eigenvalue weighted by Gasteiger charge is -2.20. The molecule has 0 radical (unpaired) electrons. The molecular weight excluding hydrogens is 270 g/mol. The number of hydrogen-bond donors (Lipinski definition) is 2. The Bertz CT molecular complexity index is 520. The van der Waals surface area contributed by atoms with Gasteiger partial charge in [0.05, 0.1) is 11.3 Å². The summed E-state index contributed by atoms with van der Waals surface area (Å²) in [6.07, 6.45) is -0.708. The number of hydrogen-bond acceptors (Lipinski definition) is 3. The molecule has 6 heteroatoms. The van der Waals surface area contributed by atoms with Crippen molar-refractivity contribution < 1.29 is 19.4 Å². The van der Waals surface area contributed by atoms with Crippen molar-refractivity contribution in [2.24, 2.45) is 0 Å². The maximum absolute atomic E-state index is 11.7. The topological polar surface area (TPSA) is 75.6 Å². The van der Waals surface area contributed by atoms with Gasteiger partial charge in [-0.2, -0.15) is 0 Å². The molecular formula is C13H16ClNO4. The fourth-order valence-corrected chi connectivity index (χ4v) is 1.76. The second-order valence-electron chi connectivity index (χ2n) is 5.08. The van der Waals surface area contributed by atoms with Crippen molar-refractivity contribution in [3.8, 4) is 0 Å². The van der Waals surface area contributed by atoms with E-state index in [0.29, 0.717) is 10.6 Å². The van der Waals surface area contributed by atoms with Crippen molar-refractivity contribution in [1.29, 1.82) is 0 Å². The van der Waals surface area contributed by atoms with Gasteiger partial charge >= 0.3 is 12.1 Å². The summed E-state index contributed by atoms with van der Waals surface area (Å²) < 4.78 is 5.09. The van der Waals surface area contributed by atoms with Crippen LogP contribution in [0.4, 0.5) is 10.5 Å². The highest BCUT2D eigenvalue weighted by molar-refractivity contribution is 6.31. The molecule has 0 aliphatic rings. The van der Waals surface area contributed by atoms with Crippen LogP contribution in [0.25, 0.3) is 0 Å². The molecule has 2 N–H and O–H groups in total. The highest BCUT2D eigenvalue weighted by Gasteiger charge is 2.20. The monoisotopic (exact) mass is 285 g/mol.